The van der Waals surface area contributed by atoms with Crippen molar-refractivity contribution < 1.29 is 9.59 Å². The molecule has 0 aliphatic carbocycles. The highest BCUT2D eigenvalue weighted by Gasteiger charge is 2.38. The Morgan fingerprint density at radius 1 is 1.06 bits per heavy atom. The number of hydrogen-bond donors (Lipinski definition) is 1. The smallest absolute Gasteiger partial charge is 0.253 e. The maximum absolute atomic E-state index is 13.5. The standard InChI is InChI=1S/C24H27N5O2/c1-16-6-8-17(9-7-16)23(30)28-12-2-4-18(15-28)24(31)29-13-3-5-21(29)22-26-19-10-11-25-14-20(19)27-22/h6-11,14,18,21H,2-5,12-13,15H2,1H3,(H,26,27). The molecule has 2 aliphatic heterocycles. The van der Waals surface area contributed by atoms with Crippen molar-refractivity contribution in [1.29, 1.82) is 0 Å². The molecule has 160 valence electrons. The van der Waals surface area contributed by atoms with E-state index < -0.39 is 0 Å². The number of pyridine rings is 1. The van der Waals surface area contributed by atoms with Gasteiger partial charge in [0.1, 0.15) is 5.82 Å². The Morgan fingerprint density at radius 3 is 2.68 bits per heavy atom. The minimum atomic E-state index is -0.158. The molecule has 7 nitrogen and oxygen atoms in total. The number of aryl methyl sites for hydroxylation is 1. The number of carbonyl (C=O) groups is 2. The summed E-state index contributed by atoms with van der Waals surface area (Å²) in [5, 5.41) is 0. The first kappa shape index (κ1) is 19.7. The molecular formula is C24H27N5O2. The van der Waals surface area contributed by atoms with Crippen LogP contribution < -0.4 is 0 Å². The number of imidazole rings is 1. The highest BCUT2D eigenvalue weighted by atomic mass is 16.2. The molecule has 5 rings (SSSR count). The van der Waals surface area contributed by atoms with Crippen LogP contribution in [0.25, 0.3) is 11.0 Å². The maximum Gasteiger partial charge on any atom is 0.253 e. The first-order chi connectivity index (χ1) is 15.1. The summed E-state index contributed by atoms with van der Waals surface area (Å²) in [7, 11) is 0. The number of fused-ring (bicyclic) bond motifs is 1. The molecule has 0 spiro atoms. The van der Waals surface area contributed by atoms with Crippen LogP contribution in [-0.2, 0) is 4.79 Å². The molecule has 2 aromatic heterocycles. The highest BCUT2D eigenvalue weighted by Crippen LogP contribution is 2.34. The zero-order valence-corrected chi connectivity index (χ0v) is 17.8. The van der Waals surface area contributed by atoms with Crippen LogP contribution in [0.5, 0.6) is 0 Å². The average molecular weight is 418 g/mol. The van der Waals surface area contributed by atoms with E-state index in [1.54, 1.807) is 12.4 Å². The number of piperidine rings is 1. The number of benzene rings is 1. The van der Waals surface area contributed by atoms with Gasteiger partial charge in [-0.05, 0) is 50.8 Å². The summed E-state index contributed by atoms with van der Waals surface area (Å²) in [6.07, 6.45) is 7.03. The van der Waals surface area contributed by atoms with Crippen LogP contribution >= 0.6 is 0 Å². The number of carbonyl (C=O) groups excluding carboxylic acids is 2. The molecule has 0 saturated carbocycles. The Morgan fingerprint density at radius 2 is 1.87 bits per heavy atom. The molecule has 3 aromatic rings. The number of nitrogens with zero attached hydrogens (tertiary/aromatic N) is 4. The number of amides is 2. The Bertz CT molecular complexity index is 1070. The number of aromatic nitrogens is 3. The lowest BCUT2D eigenvalue weighted by molar-refractivity contribution is -0.138. The minimum absolute atomic E-state index is 0.0141. The van der Waals surface area contributed by atoms with Crippen LogP contribution in [0, 0.1) is 12.8 Å². The van der Waals surface area contributed by atoms with E-state index >= 15 is 0 Å². The Labute approximate surface area is 181 Å². The van der Waals surface area contributed by atoms with E-state index in [0.29, 0.717) is 18.7 Å². The van der Waals surface area contributed by atoms with Gasteiger partial charge in [-0.1, -0.05) is 17.7 Å². The summed E-state index contributed by atoms with van der Waals surface area (Å²) in [6, 6.07) is 9.50. The molecule has 1 aromatic carbocycles. The van der Waals surface area contributed by atoms with Gasteiger partial charge in [-0.15, -0.1) is 0 Å². The summed E-state index contributed by atoms with van der Waals surface area (Å²) in [4.78, 5) is 42.5. The van der Waals surface area contributed by atoms with Crippen molar-refractivity contribution in [2.75, 3.05) is 19.6 Å². The van der Waals surface area contributed by atoms with E-state index in [1.807, 2.05) is 47.1 Å². The lowest BCUT2D eigenvalue weighted by Crippen LogP contribution is -2.46. The van der Waals surface area contributed by atoms with Gasteiger partial charge in [0, 0.05) is 31.4 Å². The number of rotatable bonds is 3. The van der Waals surface area contributed by atoms with Crippen molar-refractivity contribution in [1.82, 2.24) is 24.8 Å². The SMILES string of the molecule is Cc1ccc(C(=O)N2CCCC(C(=O)N3CCCC3c3nc4ccncc4[nH]3)C2)cc1. The lowest BCUT2D eigenvalue weighted by Gasteiger charge is -2.35. The Balaban J connectivity index is 1.31. The molecule has 2 unspecified atom stereocenters. The normalized spacial score (nSPS) is 21.6. The van der Waals surface area contributed by atoms with E-state index in [4.69, 9.17) is 4.98 Å². The number of aromatic amines is 1. The second-order valence-corrected chi connectivity index (χ2v) is 8.66. The predicted molar refractivity (Wildman–Crippen MR) is 117 cm³/mol. The fourth-order valence-corrected chi connectivity index (χ4v) is 4.83. The molecule has 0 radical (unpaired) electrons. The third kappa shape index (κ3) is 3.80. The van der Waals surface area contributed by atoms with E-state index in [9.17, 15) is 9.59 Å². The van der Waals surface area contributed by atoms with Gasteiger partial charge in [-0.25, -0.2) is 4.98 Å². The van der Waals surface area contributed by atoms with Crippen LogP contribution in [0.3, 0.4) is 0 Å². The van der Waals surface area contributed by atoms with Crippen molar-refractivity contribution in [3.05, 3.63) is 59.7 Å². The van der Waals surface area contributed by atoms with Crippen molar-refractivity contribution in [2.24, 2.45) is 5.92 Å². The molecule has 2 aliphatic rings. The molecule has 1 N–H and O–H groups in total. The average Bonchev–Trinajstić information content (AvgIpc) is 3.45. The van der Waals surface area contributed by atoms with Gasteiger partial charge in [0.2, 0.25) is 5.91 Å². The quantitative estimate of drug-likeness (QED) is 0.707. The third-order valence-electron chi connectivity index (χ3n) is 6.51. The van der Waals surface area contributed by atoms with Gasteiger partial charge in [0.15, 0.2) is 0 Å². The van der Waals surface area contributed by atoms with E-state index in [-0.39, 0.29) is 23.8 Å². The predicted octanol–water partition coefficient (Wildman–Crippen LogP) is 3.48. The van der Waals surface area contributed by atoms with Gasteiger partial charge < -0.3 is 14.8 Å². The number of likely N-dealkylation sites (tertiary alicyclic amines) is 2. The fourth-order valence-electron chi connectivity index (χ4n) is 4.83. The van der Waals surface area contributed by atoms with Gasteiger partial charge in [0.25, 0.3) is 5.91 Å². The highest BCUT2D eigenvalue weighted by molar-refractivity contribution is 5.94. The summed E-state index contributed by atoms with van der Waals surface area (Å²) in [6.45, 7) is 3.94. The molecule has 2 atom stereocenters. The molecular weight excluding hydrogens is 390 g/mol. The fraction of sp³-hybridized carbons (Fsp3) is 0.417. The van der Waals surface area contributed by atoms with Gasteiger partial charge in [0.05, 0.1) is 29.2 Å². The van der Waals surface area contributed by atoms with E-state index in [0.717, 1.165) is 54.6 Å². The second-order valence-electron chi connectivity index (χ2n) is 8.66. The molecule has 4 heterocycles. The summed E-state index contributed by atoms with van der Waals surface area (Å²) >= 11 is 0. The summed E-state index contributed by atoms with van der Waals surface area (Å²) in [5.74, 6) is 0.829. The lowest BCUT2D eigenvalue weighted by atomic mass is 9.95. The molecule has 31 heavy (non-hydrogen) atoms. The first-order valence-corrected chi connectivity index (χ1v) is 11.1. The minimum Gasteiger partial charge on any atom is -0.339 e. The monoisotopic (exact) mass is 417 g/mol. The molecule has 0 bridgehead atoms. The zero-order chi connectivity index (χ0) is 21.4. The molecule has 2 fully saturated rings. The zero-order valence-electron chi connectivity index (χ0n) is 17.8. The van der Waals surface area contributed by atoms with Gasteiger partial charge in [-0.3, -0.25) is 14.6 Å². The second kappa shape index (κ2) is 8.13. The number of hydrogen-bond acceptors (Lipinski definition) is 4. The number of H-pyrrole nitrogens is 1. The summed E-state index contributed by atoms with van der Waals surface area (Å²) < 4.78 is 0. The van der Waals surface area contributed by atoms with Crippen LogP contribution in [0.4, 0.5) is 0 Å². The molecule has 2 saturated heterocycles. The van der Waals surface area contributed by atoms with Crippen LogP contribution in [0.1, 0.15) is 53.5 Å². The van der Waals surface area contributed by atoms with Crippen molar-refractivity contribution in [3.63, 3.8) is 0 Å². The van der Waals surface area contributed by atoms with Crippen molar-refractivity contribution in [3.8, 4) is 0 Å². The van der Waals surface area contributed by atoms with E-state index in [1.165, 1.54) is 0 Å². The van der Waals surface area contributed by atoms with E-state index in [2.05, 4.69) is 9.97 Å². The summed E-state index contributed by atoms with van der Waals surface area (Å²) in [5.41, 5.74) is 3.58. The number of nitrogens with one attached hydrogen (secondary N) is 1. The van der Waals surface area contributed by atoms with Gasteiger partial charge >= 0.3 is 0 Å². The largest absolute Gasteiger partial charge is 0.339 e. The Kier molecular flexibility index (Phi) is 5.18. The first-order valence-electron chi connectivity index (χ1n) is 11.1. The van der Waals surface area contributed by atoms with Crippen molar-refractivity contribution >= 4 is 22.8 Å². The maximum atomic E-state index is 13.5. The Hall–Kier alpha value is -3.22. The van der Waals surface area contributed by atoms with Crippen molar-refractivity contribution in [2.45, 2.75) is 38.6 Å². The molecule has 2 amide bonds. The molecule has 7 heteroatoms. The topological polar surface area (TPSA) is 82.2 Å². The van der Waals surface area contributed by atoms with Crippen LogP contribution in [0.15, 0.2) is 42.7 Å². The van der Waals surface area contributed by atoms with Crippen LogP contribution in [0.2, 0.25) is 0 Å². The third-order valence-corrected chi connectivity index (χ3v) is 6.51. The van der Waals surface area contributed by atoms with Crippen LogP contribution in [-0.4, -0.2) is 56.2 Å². The van der Waals surface area contributed by atoms with Gasteiger partial charge in [-0.2, -0.15) is 0 Å².